The summed E-state index contributed by atoms with van der Waals surface area (Å²) in [5.41, 5.74) is 9.00. The molecule has 6 fully saturated rings. The van der Waals surface area contributed by atoms with Crippen LogP contribution in [0, 0.1) is 30.5 Å². The van der Waals surface area contributed by atoms with Gasteiger partial charge in [0.25, 0.3) is 0 Å². The van der Waals surface area contributed by atoms with Crippen molar-refractivity contribution in [2.24, 2.45) is 17.8 Å². The van der Waals surface area contributed by atoms with Gasteiger partial charge in [-0.1, -0.05) is 67.6 Å². The van der Waals surface area contributed by atoms with Crippen molar-refractivity contribution in [1.29, 1.82) is 0 Å². The van der Waals surface area contributed by atoms with Crippen LogP contribution in [0.4, 0.5) is 10.2 Å². The number of nitrogens with one attached hydrogen (secondary N) is 3. The van der Waals surface area contributed by atoms with Crippen LogP contribution in [0.3, 0.4) is 0 Å². The number of aromatic nitrogens is 9. The fraction of sp³-hybridized carbons (Fsp3) is 0.469. The fourth-order valence-corrected chi connectivity index (χ4v) is 14.2. The molecule has 4 aliphatic heterocycles. The minimum absolute atomic E-state index is 0.0366. The molecule has 8 heterocycles. The molecule has 6 aliphatic rings. The van der Waals surface area contributed by atoms with E-state index in [0.29, 0.717) is 69.6 Å². The molecule has 20 nitrogen and oxygen atoms in total. The third kappa shape index (κ3) is 10.2. The number of hydrogen-bond acceptors (Lipinski definition) is 15. The predicted molar refractivity (Wildman–Crippen MR) is 316 cm³/mol. The number of amides is 2. The van der Waals surface area contributed by atoms with E-state index in [1.807, 2.05) is 87.0 Å². The highest BCUT2D eigenvalue weighted by molar-refractivity contribution is 6.06. The topological polar surface area (TPSA) is 236 Å². The normalized spacial score (nSPS) is 23.8. The molecule has 4 saturated heterocycles. The van der Waals surface area contributed by atoms with Gasteiger partial charge in [-0.15, -0.1) is 5.10 Å². The average molecular weight is 1150 g/mol. The fourth-order valence-electron chi connectivity index (χ4n) is 14.2. The molecule has 2 unspecified atom stereocenters. The van der Waals surface area contributed by atoms with Gasteiger partial charge in [-0.2, -0.15) is 20.2 Å². The van der Waals surface area contributed by atoms with Crippen LogP contribution >= 0.6 is 0 Å². The van der Waals surface area contributed by atoms with E-state index in [1.165, 1.54) is 11.0 Å². The Kier molecular flexibility index (Phi) is 14.4. The Labute approximate surface area is 491 Å². The quantitative estimate of drug-likeness (QED) is 0.0548. The lowest BCUT2D eigenvalue weighted by atomic mass is 9.88. The Morgan fingerprint density at radius 2 is 1.71 bits per heavy atom. The van der Waals surface area contributed by atoms with E-state index in [9.17, 15) is 19.8 Å². The number of β-amino-alcohol motifs (C(OH)–C–C–N with tert-alkyl or cyclic N) is 1. The highest BCUT2D eigenvalue weighted by Crippen LogP contribution is 2.54. The number of benzene rings is 4. The van der Waals surface area contributed by atoms with E-state index >= 15 is 4.39 Å². The number of fused-ring (bicyclic) bond motifs is 5. The second-order valence-corrected chi connectivity index (χ2v) is 24.8. The maximum absolute atomic E-state index is 16.2. The lowest BCUT2D eigenvalue weighted by Crippen LogP contribution is -2.50. The van der Waals surface area contributed by atoms with Crippen LogP contribution in [0.2, 0.25) is 0 Å². The number of aliphatic hydroxyl groups excluding tert-OH is 2. The van der Waals surface area contributed by atoms with Crippen LogP contribution in [-0.2, 0) is 27.5 Å². The molecule has 2 aliphatic carbocycles. The molecule has 4 aromatic carbocycles. The summed E-state index contributed by atoms with van der Waals surface area (Å²) in [6.45, 7) is 13.2. The van der Waals surface area contributed by atoms with Gasteiger partial charge in [0.2, 0.25) is 11.8 Å². The minimum Gasteiger partial charge on any atom is -0.486 e. The molecule has 85 heavy (non-hydrogen) atoms. The molecule has 2 bridgehead atoms. The van der Waals surface area contributed by atoms with Crippen molar-refractivity contribution in [2.45, 2.75) is 141 Å². The first-order valence-electron chi connectivity index (χ1n) is 30.2. The van der Waals surface area contributed by atoms with Crippen molar-refractivity contribution in [3.05, 3.63) is 113 Å². The highest BCUT2D eigenvalue weighted by Gasteiger charge is 2.45. The SMILES string of the molecule is CCn1nccc1-c1ccc([C@@H](NC(=O)[C@@H]2C[C@@H](O)CN2C(=O)[C@H](C(C)C)n2cc(-c3ccc(COc4c(-c5c(C)c(F)cc6[nH]ncc56)c(C5CC5)cc5c(N6C[C@@H]7C[C@H]6CN7)nc(OC6CC7COCC7C6)nc45)cc3)nn2)[C@H](C)O)cc1. The van der Waals surface area contributed by atoms with Crippen LogP contribution in [0.15, 0.2) is 85.3 Å². The Balaban J connectivity index is 0.747. The number of anilines is 1. The van der Waals surface area contributed by atoms with Crippen molar-refractivity contribution in [2.75, 3.05) is 37.7 Å². The van der Waals surface area contributed by atoms with Crippen LogP contribution in [0.1, 0.15) is 106 Å². The molecule has 9 atom stereocenters. The number of hydrogen-bond donors (Lipinski definition) is 5. The molecule has 8 aromatic rings. The largest absolute Gasteiger partial charge is 0.486 e. The van der Waals surface area contributed by atoms with Gasteiger partial charge in [-0.05, 0) is 123 Å². The standard InChI is InChI=1S/C64H72FN13O7/c1-6-77-53(17-18-68-77)39-13-15-40(16-14-39)57(35(5)79)69-62(81)54-22-45(80)28-76(54)63(82)59(33(2)3)78-29-52(73-74-78)38-9-7-36(8-10-38)30-84-60-56(55-34(4)50(65)24-51-49(55)26-67-72-51)47(37-11-12-37)23-48-58(60)70-64(85-46-19-41-31-83-32-42(41)20-46)71-61(48)75-27-43-21-44(75)25-66-43/h7-10,13-18,23-24,26,29,33,35,37,41-46,54,57,59,66,79-80H,6,11-12,19-22,25,27-28,30-32H2,1-5H3,(H,67,72)(H,69,81)/t35-,41?,42?,43-,44-,45+,46?,54-,57-,59-/m0/s1. The molecule has 2 amide bonds. The van der Waals surface area contributed by atoms with Crippen molar-refractivity contribution in [3.63, 3.8) is 0 Å². The Bertz CT molecular complexity index is 3810. The van der Waals surface area contributed by atoms with Crippen LogP contribution < -0.4 is 25.0 Å². The second-order valence-electron chi connectivity index (χ2n) is 24.8. The summed E-state index contributed by atoms with van der Waals surface area (Å²) in [7, 11) is 0. The Morgan fingerprint density at radius 3 is 2.41 bits per heavy atom. The number of rotatable bonds is 18. The summed E-state index contributed by atoms with van der Waals surface area (Å²) in [6.07, 6.45) is 8.09. The van der Waals surface area contributed by atoms with Gasteiger partial charge < -0.3 is 44.9 Å². The summed E-state index contributed by atoms with van der Waals surface area (Å²) >= 11 is 0. The zero-order chi connectivity index (χ0) is 58.4. The highest BCUT2D eigenvalue weighted by atomic mass is 19.1. The second kappa shape index (κ2) is 22.2. The average Bonchev–Trinajstić information content (AvgIpc) is 3.95. The van der Waals surface area contributed by atoms with Gasteiger partial charge in [0, 0.05) is 91.6 Å². The number of likely N-dealkylation sites (tertiary alicyclic amines) is 1. The van der Waals surface area contributed by atoms with E-state index in [1.54, 1.807) is 30.2 Å². The zero-order valence-electron chi connectivity index (χ0n) is 48.5. The summed E-state index contributed by atoms with van der Waals surface area (Å²) < 4.78 is 39.5. The van der Waals surface area contributed by atoms with E-state index in [4.69, 9.17) is 24.2 Å². The molecule has 0 radical (unpaired) electrons. The summed E-state index contributed by atoms with van der Waals surface area (Å²) in [5, 5.41) is 51.1. The van der Waals surface area contributed by atoms with Gasteiger partial charge >= 0.3 is 6.01 Å². The minimum atomic E-state index is -0.995. The maximum Gasteiger partial charge on any atom is 0.319 e. The van der Waals surface area contributed by atoms with Crippen molar-refractivity contribution < 1.29 is 38.4 Å². The van der Waals surface area contributed by atoms with Crippen LogP contribution in [0.25, 0.3) is 55.4 Å². The van der Waals surface area contributed by atoms with E-state index < -0.39 is 36.2 Å². The maximum atomic E-state index is 16.2. The number of halogens is 1. The third-order valence-electron chi connectivity index (χ3n) is 18.7. The number of carbonyl (C=O) groups excluding carboxylic acids is 2. The smallest absolute Gasteiger partial charge is 0.319 e. The Morgan fingerprint density at radius 1 is 0.929 bits per heavy atom. The lowest BCUT2D eigenvalue weighted by Gasteiger charge is -2.31. The molecule has 5 N–H and O–H groups in total. The van der Waals surface area contributed by atoms with Gasteiger partial charge in [0.15, 0.2) is 5.75 Å². The number of aromatic amines is 1. The van der Waals surface area contributed by atoms with Gasteiger partial charge in [-0.25, -0.2) is 9.07 Å². The molecule has 2 saturated carbocycles. The first kappa shape index (κ1) is 55.0. The number of H-pyrrole nitrogens is 1. The number of aliphatic hydroxyl groups is 2. The van der Waals surface area contributed by atoms with Crippen molar-refractivity contribution in [1.82, 2.24) is 60.5 Å². The number of aryl methyl sites for hydroxylation is 1. The molecule has 4 aromatic heterocycles. The van der Waals surface area contributed by atoms with E-state index in [0.717, 1.165) is 109 Å². The van der Waals surface area contributed by atoms with E-state index in [2.05, 4.69) is 47.2 Å². The molecular formula is C64H72FN13O7. The molecule has 21 heteroatoms. The molecule has 14 rings (SSSR count). The number of ether oxygens (including phenoxy) is 3. The lowest BCUT2D eigenvalue weighted by molar-refractivity contribution is -0.143. The summed E-state index contributed by atoms with van der Waals surface area (Å²) in [4.78, 5) is 43.4. The van der Waals surface area contributed by atoms with Gasteiger partial charge in [0.1, 0.15) is 47.6 Å². The first-order chi connectivity index (χ1) is 41.2. The summed E-state index contributed by atoms with van der Waals surface area (Å²) in [5.74, 6) is 1.01. The van der Waals surface area contributed by atoms with Crippen LogP contribution in [0.5, 0.6) is 11.8 Å². The van der Waals surface area contributed by atoms with Gasteiger partial charge in [-0.3, -0.25) is 19.4 Å². The van der Waals surface area contributed by atoms with Crippen molar-refractivity contribution >= 4 is 39.4 Å². The van der Waals surface area contributed by atoms with Crippen LogP contribution in [-0.4, -0.2) is 141 Å². The van der Waals surface area contributed by atoms with E-state index in [-0.39, 0.29) is 55.3 Å². The van der Waals surface area contributed by atoms with Crippen molar-refractivity contribution in [3.8, 4) is 45.4 Å². The third-order valence-corrected chi connectivity index (χ3v) is 18.7. The first-order valence-corrected chi connectivity index (χ1v) is 30.2. The predicted octanol–water partition coefficient (Wildman–Crippen LogP) is 7.97. The summed E-state index contributed by atoms with van der Waals surface area (Å²) in [6, 6.07) is 19.4. The molecule has 0 spiro atoms. The number of piperazine rings is 1. The zero-order valence-corrected chi connectivity index (χ0v) is 48.5. The molecule has 442 valence electrons. The Hall–Kier alpha value is -7.85. The van der Waals surface area contributed by atoms with Gasteiger partial charge in [0.05, 0.1) is 41.9 Å². The number of carbonyl (C=O) groups is 2. The monoisotopic (exact) mass is 1150 g/mol. The number of nitrogens with zero attached hydrogens (tertiary/aromatic N) is 10. The molecular weight excluding hydrogens is 1080 g/mol.